The zero-order chi connectivity index (χ0) is 16.9. The maximum Gasteiger partial charge on any atom is 0.194 e. The molecule has 24 heavy (non-hydrogen) atoms. The number of thiazole rings is 1. The lowest BCUT2D eigenvalue weighted by atomic mass is 10.2. The van der Waals surface area contributed by atoms with Gasteiger partial charge in [0.15, 0.2) is 16.1 Å². The Bertz CT molecular complexity index is 839. The molecule has 2 N–H and O–H groups in total. The van der Waals surface area contributed by atoms with Crippen molar-refractivity contribution in [1.82, 2.24) is 4.98 Å². The zero-order valence-electron chi connectivity index (χ0n) is 12.3. The lowest BCUT2D eigenvalue weighted by Crippen LogP contribution is -2.05. The quantitative estimate of drug-likeness (QED) is 0.600. The molecule has 0 spiro atoms. The minimum Gasteiger partial charge on any atom is -0.381 e. The number of aromatic nitrogens is 1. The van der Waals surface area contributed by atoms with Crippen molar-refractivity contribution < 1.29 is 4.21 Å². The van der Waals surface area contributed by atoms with Gasteiger partial charge in [-0.25, -0.2) is 9.19 Å². The van der Waals surface area contributed by atoms with Gasteiger partial charge in [-0.15, -0.1) is 11.3 Å². The standard InChI is InChI=1S/C16H13Cl2N3OS2/c17-14-3-1-2-11(15(14)18)10-20-12-4-6-13(7-5-12)24(22)21-16-19-8-9-23-16/h1-9,20H,10H2,(H,19,21). The molecule has 0 aliphatic heterocycles. The smallest absolute Gasteiger partial charge is 0.194 e. The van der Waals surface area contributed by atoms with E-state index in [0.29, 0.717) is 26.6 Å². The van der Waals surface area contributed by atoms with E-state index >= 15 is 0 Å². The molecule has 8 heteroatoms. The monoisotopic (exact) mass is 397 g/mol. The maximum absolute atomic E-state index is 12.2. The summed E-state index contributed by atoms with van der Waals surface area (Å²) in [4.78, 5) is 4.73. The molecule has 3 rings (SSSR count). The molecule has 0 amide bonds. The summed E-state index contributed by atoms with van der Waals surface area (Å²) in [5.41, 5.74) is 1.82. The minimum absolute atomic E-state index is 0.537. The van der Waals surface area contributed by atoms with Crippen LogP contribution in [0.5, 0.6) is 0 Å². The fourth-order valence-electron chi connectivity index (χ4n) is 1.99. The molecule has 4 nitrogen and oxygen atoms in total. The second kappa shape index (κ2) is 7.98. The molecule has 0 fully saturated rings. The SMILES string of the molecule is O=S(Nc1nccs1)c1ccc(NCc2cccc(Cl)c2Cl)cc1. The van der Waals surface area contributed by atoms with Crippen molar-refractivity contribution in [3.8, 4) is 0 Å². The van der Waals surface area contributed by atoms with Crippen LogP contribution in [0.2, 0.25) is 10.0 Å². The fraction of sp³-hybridized carbons (Fsp3) is 0.0625. The second-order valence-corrected chi connectivity index (χ2v) is 7.69. The van der Waals surface area contributed by atoms with Crippen LogP contribution in [-0.4, -0.2) is 9.19 Å². The van der Waals surface area contributed by atoms with Gasteiger partial charge in [-0.2, -0.15) is 0 Å². The molecule has 1 heterocycles. The van der Waals surface area contributed by atoms with Gasteiger partial charge in [-0.05, 0) is 35.9 Å². The van der Waals surface area contributed by atoms with Crippen LogP contribution in [0.15, 0.2) is 58.9 Å². The van der Waals surface area contributed by atoms with Gasteiger partial charge in [-0.3, -0.25) is 4.72 Å². The molecule has 0 saturated heterocycles. The van der Waals surface area contributed by atoms with Gasteiger partial charge in [0.1, 0.15) is 0 Å². The Balaban J connectivity index is 1.62. The molecule has 1 atom stereocenters. The summed E-state index contributed by atoms with van der Waals surface area (Å²) < 4.78 is 15.1. The molecule has 1 unspecified atom stereocenters. The first kappa shape index (κ1) is 17.2. The summed E-state index contributed by atoms with van der Waals surface area (Å²) in [5.74, 6) is 0. The summed E-state index contributed by atoms with van der Waals surface area (Å²) in [7, 11) is -1.34. The van der Waals surface area contributed by atoms with Gasteiger partial charge in [0.25, 0.3) is 0 Å². The number of benzene rings is 2. The molecule has 0 bridgehead atoms. The van der Waals surface area contributed by atoms with Crippen LogP contribution in [0.3, 0.4) is 0 Å². The van der Waals surface area contributed by atoms with E-state index in [4.69, 9.17) is 23.2 Å². The fourth-order valence-corrected chi connectivity index (χ4v) is 3.88. The van der Waals surface area contributed by atoms with Crippen molar-refractivity contribution in [3.63, 3.8) is 0 Å². The average molecular weight is 398 g/mol. The van der Waals surface area contributed by atoms with Crippen LogP contribution in [0.1, 0.15) is 5.56 Å². The van der Waals surface area contributed by atoms with E-state index in [0.717, 1.165) is 11.3 Å². The molecular formula is C16H13Cl2N3OS2. The second-order valence-electron chi connectivity index (χ2n) is 4.80. The Kier molecular flexibility index (Phi) is 5.73. The normalized spacial score (nSPS) is 11.9. The Morgan fingerprint density at radius 1 is 1.12 bits per heavy atom. The van der Waals surface area contributed by atoms with Crippen molar-refractivity contribution in [2.45, 2.75) is 11.4 Å². The highest BCUT2D eigenvalue weighted by molar-refractivity contribution is 7.86. The summed E-state index contributed by atoms with van der Waals surface area (Å²) in [6.07, 6.45) is 1.66. The van der Waals surface area contributed by atoms with E-state index in [-0.39, 0.29) is 0 Å². The molecule has 1 aromatic heterocycles. The Morgan fingerprint density at radius 3 is 2.62 bits per heavy atom. The maximum atomic E-state index is 12.2. The van der Waals surface area contributed by atoms with Crippen LogP contribution in [0, 0.1) is 0 Å². The first-order valence-electron chi connectivity index (χ1n) is 6.98. The predicted molar refractivity (Wildman–Crippen MR) is 102 cm³/mol. The summed E-state index contributed by atoms with van der Waals surface area (Å²) in [5, 5.41) is 6.82. The van der Waals surface area contributed by atoms with Crippen LogP contribution in [0.25, 0.3) is 0 Å². The third-order valence-corrected chi connectivity index (χ3v) is 5.95. The number of halogens is 2. The topological polar surface area (TPSA) is 54.0 Å². The Morgan fingerprint density at radius 2 is 1.92 bits per heavy atom. The highest BCUT2D eigenvalue weighted by Gasteiger charge is 2.07. The lowest BCUT2D eigenvalue weighted by Gasteiger charge is -2.10. The Labute approximate surface area is 156 Å². The molecule has 0 radical (unpaired) electrons. The highest BCUT2D eigenvalue weighted by atomic mass is 35.5. The van der Waals surface area contributed by atoms with Gasteiger partial charge in [0.05, 0.1) is 14.9 Å². The molecule has 0 saturated carbocycles. The largest absolute Gasteiger partial charge is 0.381 e. The van der Waals surface area contributed by atoms with Gasteiger partial charge < -0.3 is 5.32 Å². The highest BCUT2D eigenvalue weighted by Crippen LogP contribution is 2.26. The van der Waals surface area contributed by atoms with Gasteiger partial charge in [-0.1, -0.05) is 35.3 Å². The molecule has 0 aliphatic carbocycles. The number of hydrogen-bond acceptors (Lipinski definition) is 4. The van der Waals surface area contributed by atoms with E-state index in [9.17, 15) is 4.21 Å². The molecule has 0 aliphatic rings. The van der Waals surface area contributed by atoms with Crippen molar-refractivity contribution in [3.05, 3.63) is 69.7 Å². The van der Waals surface area contributed by atoms with Crippen molar-refractivity contribution in [2.75, 3.05) is 10.0 Å². The molecule has 3 aromatic rings. The number of hydrogen-bond donors (Lipinski definition) is 2. The predicted octanol–water partition coefficient (Wildman–Crippen LogP) is 5.20. The van der Waals surface area contributed by atoms with E-state index in [1.807, 2.05) is 29.6 Å². The van der Waals surface area contributed by atoms with Gasteiger partial charge in [0, 0.05) is 23.8 Å². The first-order chi connectivity index (χ1) is 11.6. The van der Waals surface area contributed by atoms with Crippen molar-refractivity contribution >= 4 is 56.3 Å². The van der Waals surface area contributed by atoms with E-state index in [1.54, 1.807) is 24.4 Å². The molecular weight excluding hydrogens is 385 g/mol. The minimum atomic E-state index is -1.34. The van der Waals surface area contributed by atoms with Crippen LogP contribution >= 0.6 is 34.5 Å². The summed E-state index contributed by atoms with van der Waals surface area (Å²) >= 11 is 13.6. The molecule has 2 aromatic carbocycles. The van der Waals surface area contributed by atoms with Gasteiger partial charge >= 0.3 is 0 Å². The number of nitrogens with one attached hydrogen (secondary N) is 2. The zero-order valence-corrected chi connectivity index (χ0v) is 15.5. The molecule has 124 valence electrons. The first-order valence-corrected chi connectivity index (χ1v) is 9.77. The third kappa shape index (κ3) is 4.27. The average Bonchev–Trinajstić information content (AvgIpc) is 3.09. The van der Waals surface area contributed by atoms with Crippen molar-refractivity contribution in [2.24, 2.45) is 0 Å². The number of rotatable bonds is 6. The summed E-state index contributed by atoms with van der Waals surface area (Å²) in [6.45, 7) is 0.555. The van der Waals surface area contributed by atoms with E-state index < -0.39 is 11.0 Å². The van der Waals surface area contributed by atoms with E-state index in [2.05, 4.69) is 15.0 Å². The van der Waals surface area contributed by atoms with Crippen LogP contribution < -0.4 is 10.0 Å². The van der Waals surface area contributed by atoms with Crippen LogP contribution in [0.4, 0.5) is 10.8 Å². The van der Waals surface area contributed by atoms with E-state index in [1.165, 1.54) is 11.3 Å². The Hall–Kier alpha value is -1.60. The summed E-state index contributed by atoms with van der Waals surface area (Å²) in [6, 6.07) is 12.9. The lowest BCUT2D eigenvalue weighted by molar-refractivity contribution is 0.686. The van der Waals surface area contributed by atoms with Gasteiger partial charge in [0.2, 0.25) is 0 Å². The third-order valence-electron chi connectivity index (χ3n) is 3.20. The number of anilines is 2. The number of nitrogens with zero attached hydrogens (tertiary/aromatic N) is 1. The van der Waals surface area contributed by atoms with Crippen molar-refractivity contribution in [1.29, 1.82) is 0 Å². The van der Waals surface area contributed by atoms with Crippen LogP contribution in [-0.2, 0) is 17.5 Å².